The van der Waals surface area contributed by atoms with Crippen LogP contribution in [0.3, 0.4) is 0 Å². The predicted octanol–water partition coefficient (Wildman–Crippen LogP) is 3.07. The highest BCUT2D eigenvalue weighted by molar-refractivity contribution is 5.22. The smallest absolute Gasteiger partial charge is 0.0234 e. The van der Waals surface area contributed by atoms with Crippen LogP contribution in [0.25, 0.3) is 0 Å². The maximum Gasteiger partial charge on any atom is 0.0234 e. The quantitative estimate of drug-likeness (QED) is 0.875. The standard InChI is InChI=1S/C17H28N2/c1-14(2)11-15-6-8-16(9-7-15)12-19-10-4-5-17(13-19)18-3/h6-9,14,17-18H,4-5,10-13H2,1-3H3. The highest BCUT2D eigenvalue weighted by Gasteiger charge is 2.18. The van der Waals surface area contributed by atoms with Gasteiger partial charge in [0.1, 0.15) is 0 Å². The highest BCUT2D eigenvalue weighted by Crippen LogP contribution is 2.15. The summed E-state index contributed by atoms with van der Waals surface area (Å²) in [5, 5.41) is 3.41. The van der Waals surface area contributed by atoms with Gasteiger partial charge in [0.15, 0.2) is 0 Å². The van der Waals surface area contributed by atoms with Crippen molar-refractivity contribution < 1.29 is 0 Å². The van der Waals surface area contributed by atoms with Gasteiger partial charge in [-0.2, -0.15) is 0 Å². The van der Waals surface area contributed by atoms with Gasteiger partial charge in [0.05, 0.1) is 0 Å². The monoisotopic (exact) mass is 260 g/mol. The number of hydrogen-bond acceptors (Lipinski definition) is 2. The second-order valence-electron chi connectivity index (χ2n) is 6.28. The minimum Gasteiger partial charge on any atom is -0.316 e. The Labute approximate surface area is 118 Å². The second-order valence-corrected chi connectivity index (χ2v) is 6.28. The fourth-order valence-corrected chi connectivity index (χ4v) is 2.95. The lowest BCUT2D eigenvalue weighted by molar-refractivity contribution is 0.188. The van der Waals surface area contributed by atoms with Gasteiger partial charge in [-0.05, 0) is 49.9 Å². The Hall–Kier alpha value is -0.860. The molecule has 1 aromatic carbocycles. The van der Waals surface area contributed by atoms with Gasteiger partial charge < -0.3 is 5.32 Å². The van der Waals surface area contributed by atoms with Crippen molar-refractivity contribution in [1.29, 1.82) is 0 Å². The van der Waals surface area contributed by atoms with E-state index in [1.165, 1.54) is 43.5 Å². The minimum atomic E-state index is 0.675. The summed E-state index contributed by atoms with van der Waals surface area (Å²) in [4.78, 5) is 2.57. The van der Waals surface area contributed by atoms with Gasteiger partial charge in [0.2, 0.25) is 0 Å². The molecule has 1 unspecified atom stereocenters. The van der Waals surface area contributed by atoms with Gasteiger partial charge >= 0.3 is 0 Å². The molecule has 2 nitrogen and oxygen atoms in total. The van der Waals surface area contributed by atoms with Crippen LogP contribution < -0.4 is 5.32 Å². The fourth-order valence-electron chi connectivity index (χ4n) is 2.95. The molecule has 1 aromatic rings. The Morgan fingerprint density at radius 2 is 1.89 bits per heavy atom. The number of hydrogen-bond donors (Lipinski definition) is 1. The second kappa shape index (κ2) is 7.06. The van der Waals surface area contributed by atoms with Crippen LogP contribution in [0, 0.1) is 5.92 Å². The van der Waals surface area contributed by atoms with Crippen molar-refractivity contribution in [1.82, 2.24) is 10.2 Å². The third-order valence-corrected chi connectivity index (χ3v) is 3.99. The van der Waals surface area contributed by atoms with E-state index < -0.39 is 0 Å². The van der Waals surface area contributed by atoms with E-state index in [4.69, 9.17) is 0 Å². The summed E-state index contributed by atoms with van der Waals surface area (Å²) in [6.45, 7) is 8.08. The Kier molecular flexibility index (Phi) is 5.41. The normalized spacial score (nSPS) is 20.9. The molecular formula is C17H28N2. The van der Waals surface area contributed by atoms with E-state index in [0.717, 1.165) is 12.5 Å². The first kappa shape index (κ1) is 14.5. The molecule has 1 saturated heterocycles. The van der Waals surface area contributed by atoms with Crippen LogP contribution in [0.4, 0.5) is 0 Å². The van der Waals surface area contributed by atoms with Crippen LogP contribution in [0.15, 0.2) is 24.3 Å². The Morgan fingerprint density at radius 3 is 2.53 bits per heavy atom. The number of likely N-dealkylation sites (N-methyl/N-ethyl adjacent to an activating group) is 1. The molecule has 0 bridgehead atoms. The zero-order valence-electron chi connectivity index (χ0n) is 12.7. The SMILES string of the molecule is CNC1CCCN(Cc2ccc(CC(C)C)cc2)C1. The van der Waals surface area contributed by atoms with Crippen LogP contribution in [0.1, 0.15) is 37.8 Å². The molecule has 0 amide bonds. The summed E-state index contributed by atoms with van der Waals surface area (Å²) >= 11 is 0. The first-order valence-corrected chi connectivity index (χ1v) is 7.65. The van der Waals surface area contributed by atoms with E-state index >= 15 is 0 Å². The van der Waals surface area contributed by atoms with Crippen molar-refractivity contribution in [3.63, 3.8) is 0 Å². The largest absolute Gasteiger partial charge is 0.316 e. The molecule has 1 N–H and O–H groups in total. The summed E-state index contributed by atoms with van der Waals surface area (Å²) in [6, 6.07) is 9.89. The minimum absolute atomic E-state index is 0.675. The van der Waals surface area contributed by atoms with Crippen molar-refractivity contribution in [2.24, 2.45) is 5.92 Å². The molecule has 19 heavy (non-hydrogen) atoms. The average Bonchev–Trinajstić information content (AvgIpc) is 2.41. The molecular weight excluding hydrogens is 232 g/mol. The number of nitrogens with one attached hydrogen (secondary N) is 1. The molecule has 0 radical (unpaired) electrons. The maximum absolute atomic E-state index is 3.41. The summed E-state index contributed by atoms with van der Waals surface area (Å²) in [5.74, 6) is 0.740. The zero-order chi connectivity index (χ0) is 13.7. The van der Waals surface area contributed by atoms with Gasteiger partial charge in [-0.1, -0.05) is 38.1 Å². The maximum atomic E-state index is 3.41. The molecule has 1 aliphatic rings. The Morgan fingerprint density at radius 1 is 1.21 bits per heavy atom. The van der Waals surface area contributed by atoms with Crippen LogP contribution in [-0.4, -0.2) is 31.1 Å². The molecule has 0 spiro atoms. The molecule has 1 fully saturated rings. The van der Waals surface area contributed by atoms with E-state index in [-0.39, 0.29) is 0 Å². The van der Waals surface area contributed by atoms with Crippen molar-refractivity contribution in [3.8, 4) is 0 Å². The highest BCUT2D eigenvalue weighted by atomic mass is 15.2. The first-order valence-electron chi connectivity index (χ1n) is 7.65. The van der Waals surface area contributed by atoms with Gasteiger partial charge in [0, 0.05) is 19.1 Å². The van der Waals surface area contributed by atoms with E-state index in [9.17, 15) is 0 Å². The van der Waals surface area contributed by atoms with Gasteiger partial charge in [0.25, 0.3) is 0 Å². The number of benzene rings is 1. The third kappa shape index (κ3) is 4.63. The number of likely N-dealkylation sites (tertiary alicyclic amines) is 1. The van der Waals surface area contributed by atoms with Crippen LogP contribution in [0.2, 0.25) is 0 Å². The number of piperidine rings is 1. The molecule has 2 heteroatoms. The van der Waals surface area contributed by atoms with Crippen molar-refractivity contribution >= 4 is 0 Å². The van der Waals surface area contributed by atoms with Crippen molar-refractivity contribution in [2.75, 3.05) is 20.1 Å². The molecule has 0 aliphatic carbocycles. The third-order valence-electron chi connectivity index (χ3n) is 3.99. The van der Waals surface area contributed by atoms with Gasteiger partial charge in [-0.3, -0.25) is 4.90 Å². The fraction of sp³-hybridized carbons (Fsp3) is 0.647. The topological polar surface area (TPSA) is 15.3 Å². The predicted molar refractivity (Wildman–Crippen MR) is 82.3 cm³/mol. The number of rotatable bonds is 5. The van der Waals surface area contributed by atoms with Crippen molar-refractivity contribution in [2.45, 2.75) is 45.7 Å². The first-order chi connectivity index (χ1) is 9.17. The Bertz CT molecular complexity index is 369. The molecule has 0 aromatic heterocycles. The molecule has 1 heterocycles. The summed E-state index contributed by atoms with van der Waals surface area (Å²) < 4.78 is 0. The van der Waals surface area contributed by atoms with Crippen molar-refractivity contribution in [3.05, 3.63) is 35.4 Å². The van der Waals surface area contributed by atoms with Gasteiger partial charge in [-0.15, -0.1) is 0 Å². The van der Waals surface area contributed by atoms with E-state index in [0.29, 0.717) is 6.04 Å². The molecule has 106 valence electrons. The number of nitrogens with zero attached hydrogens (tertiary/aromatic N) is 1. The molecule has 1 aliphatic heterocycles. The summed E-state index contributed by atoms with van der Waals surface area (Å²) in [6.07, 6.45) is 3.82. The van der Waals surface area contributed by atoms with E-state index in [1.54, 1.807) is 0 Å². The zero-order valence-corrected chi connectivity index (χ0v) is 12.7. The summed E-state index contributed by atoms with van der Waals surface area (Å²) in [7, 11) is 2.08. The lowest BCUT2D eigenvalue weighted by atomic mass is 10.0. The van der Waals surface area contributed by atoms with Gasteiger partial charge in [-0.25, -0.2) is 0 Å². The van der Waals surface area contributed by atoms with E-state index in [1.807, 2.05) is 0 Å². The average molecular weight is 260 g/mol. The molecule has 1 atom stereocenters. The van der Waals surface area contributed by atoms with Crippen LogP contribution >= 0.6 is 0 Å². The van der Waals surface area contributed by atoms with Crippen LogP contribution in [0.5, 0.6) is 0 Å². The van der Waals surface area contributed by atoms with E-state index in [2.05, 4.69) is 55.4 Å². The van der Waals surface area contributed by atoms with Crippen LogP contribution in [-0.2, 0) is 13.0 Å². The lowest BCUT2D eigenvalue weighted by Crippen LogP contribution is -2.43. The lowest BCUT2D eigenvalue weighted by Gasteiger charge is -2.32. The summed E-state index contributed by atoms with van der Waals surface area (Å²) in [5.41, 5.74) is 2.91. The molecule has 0 saturated carbocycles. The Balaban J connectivity index is 1.88. The molecule has 2 rings (SSSR count).